The van der Waals surface area contributed by atoms with Gasteiger partial charge in [-0.1, -0.05) is 49.0 Å². The topological polar surface area (TPSA) is 15.8 Å². The van der Waals surface area contributed by atoms with Crippen molar-refractivity contribution in [2.24, 2.45) is 0 Å². The predicted octanol–water partition coefficient (Wildman–Crippen LogP) is 6.60. The molecule has 0 amide bonds. The maximum absolute atomic E-state index is 4.33. The molecule has 1 nitrogen and oxygen atoms in total. The first kappa shape index (κ1) is 13.6. The van der Waals surface area contributed by atoms with Gasteiger partial charge in [-0.25, -0.2) is 0 Å². The zero-order chi connectivity index (χ0) is 16.1. The van der Waals surface area contributed by atoms with Crippen molar-refractivity contribution < 1.29 is 0 Å². The third-order valence-corrected chi connectivity index (χ3v) is 5.73. The molecule has 0 aliphatic carbocycles. The van der Waals surface area contributed by atoms with E-state index in [0.29, 0.717) is 0 Å². The Balaban J connectivity index is 1.67. The molecule has 2 heteroatoms. The Kier molecular flexibility index (Phi) is 2.88. The third kappa shape index (κ3) is 2.00. The van der Waals surface area contributed by atoms with Gasteiger partial charge < -0.3 is 4.98 Å². The van der Waals surface area contributed by atoms with Gasteiger partial charge in [0.05, 0.1) is 0 Å². The van der Waals surface area contributed by atoms with Crippen LogP contribution in [-0.2, 0) is 0 Å². The van der Waals surface area contributed by atoms with E-state index in [-0.39, 0.29) is 0 Å². The minimum atomic E-state index is 1.03. The Bertz CT molecular complexity index is 1190. The number of benzene rings is 3. The number of rotatable bonds is 2. The van der Waals surface area contributed by atoms with Gasteiger partial charge in [-0.2, -0.15) is 0 Å². The zero-order valence-electron chi connectivity index (χ0n) is 13.0. The number of H-pyrrole nitrogens is 1. The number of hydrogen-bond acceptors (Lipinski definition) is 1. The van der Waals surface area contributed by atoms with Crippen LogP contribution in [0.4, 0.5) is 0 Å². The van der Waals surface area contributed by atoms with Crippen molar-refractivity contribution in [2.45, 2.75) is 0 Å². The van der Waals surface area contributed by atoms with Crippen LogP contribution in [0.5, 0.6) is 0 Å². The Morgan fingerprint density at radius 2 is 1.58 bits per heavy atom. The molecule has 24 heavy (non-hydrogen) atoms. The fraction of sp³-hybridized carbons (Fsp3) is 0. The van der Waals surface area contributed by atoms with Crippen molar-refractivity contribution in [3.8, 4) is 0 Å². The quantitative estimate of drug-likeness (QED) is 0.376. The molecule has 0 saturated carbocycles. The van der Waals surface area contributed by atoms with E-state index in [4.69, 9.17) is 0 Å². The SMILES string of the molecule is C=C(c1ccc2sc3ccccc3c2c1)c1cc2ccccc2[nH]1. The Hall–Kier alpha value is -2.84. The minimum Gasteiger partial charge on any atom is -0.355 e. The van der Waals surface area contributed by atoms with Crippen molar-refractivity contribution in [2.75, 3.05) is 0 Å². The second kappa shape index (κ2) is 5.08. The summed E-state index contributed by atoms with van der Waals surface area (Å²) in [4.78, 5) is 3.48. The summed E-state index contributed by atoms with van der Waals surface area (Å²) in [6.45, 7) is 4.33. The van der Waals surface area contributed by atoms with Crippen molar-refractivity contribution in [1.82, 2.24) is 4.98 Å². The largest absolute Gasteiger partial charge is 0.355 e. The van der Waals surface area contributed by atoms with E-state index in [1.807, 2.05) is 11.3 Å². The molecular weight excluding hydrogens is 310 g/mol. The second-order valence-electron chi connectivity index (χ2n) is 6.06. The Labute approximate surface area is 143 Å². The molecule has 3 aromatic carbocycles. The molecule has 0 spiro atoms. The van der Waals surface area contributed by atoms with E-state index in [1.54, 1.807) is 0 Å². The normalized spacial score (nSPS) is 11.5. The molecule has 0 aliphatic rings. The molecule has 2 aromatic heterocycles. The highest BCUT2D eigenvalue weighted by atomic mass is 32.1. The summed E-state index contributed by atoms with van der Waals surface area (Å²) in [5.74, 6) is 0. The lowest BCUT2D eigenvalue weighted by Crippen LogP contribution is -1.85. The van der Waals surface area contributed by atoms with Gasteiger partial charge in [-0.05, 0) is 41.5 Å². The number of para-hydroxylation sites is 1. The average molecular weight is 325 g/mol. The highest BCUT2D eigenvalue weighted by Crippen LogP contribution is 2.36. The molecule has 5 aromatic rings. The molecule has 5 rings (SSSR count). The summed E-state index contributed by atoms with van der Waals surface area (Å²) in [7, 11) is 0. The predicted molar refractivity (Wildman–Crippen MR) is 106 cm³/mol. The first-order valence-electron chi connectivity index (χ1n) is 7.98. The number of fused-ring (bicyclic) bond motifs is 4. The lowest BCUT2D eigenvalue weighted by atomic mass is 10.0. The molecule has 0 unspecified atom stereocenters. The fourth-order valence-corrected chi connectivity index (χ4v) is 4.39. The van der Waals surface area contributed by atoms with E-state index < -0.39 is 0 Å². The van der Waals surface area contributed by atoms with Crippen LogP contribution in [0.3, 0.4) is 0 Å². The van der Waals surface area contributed by atoms with Crippen LogP contribution >= 0.6 is 11.3 Å². The standard InChI is InChI=1S/C22H15NS/c1-14(20-13-16-6-2-4-8-19(16)23-20)15-10-11-22-18(12-15)17-7-3-5-9-21(17)24-22/h2-13,23H,1H2. The highest BCUT2D eigenvalue weighted by molar-refractivity contribution is 7.25. The molecule has 0 radical (unpaired) electrons. The van der Waals surface area contributed by atoms with Gasteiger partial charge in [0.15, 0.2) is 0 Å². The van der Waals surface area contributed by atoms with E-state index in [1.165, 1.54) is 25.6 Å². The van der Waals surface area contributed by atoms with Crippen LogP contribution in [-0.4, -0.2) is 4.98 Å². The molecule has 0 atom stereocenters. The van der Waals surface area contributed by atoms with Gasteiger partial charge in [0.25, 0.3) is 0 Å². The summed E-state index contributed by atoms with van der Waals surface area (Å²) in [5, 5.41) is 3.85. The number of hydrogen-bond donors (Lipinski definition) is 1. The number of nitrogens with one attached hydrogen (secondary N) is 1. The lowest BCUT2D eigenvalue weighted by Gasteiger charge is -2.04. The number of thiophene rings is 1. The molecule has 0 aliphatic heterocycles. The van der Waals surface area contributed by atoms with Gasteiger partial charge >= 0.3 is 0 Å². The van der Waals surface area contributed by atoms with Crippen LogP contribution in [0.2, 0.25) is 0 Å². The van der Waals surface area contributed by atoms with Crippen molar-refractivity contribution in [3.63, 3.8) is 0 Å². The maximum atomic E-state index is 4.33. The third-order valence-electron chi connectivity index (χ3n) is 4.58. The highest BCUT2D eigenvalue weighted by Gasteiger charge is 2.10. The summed E-state index contributed by atoms with van der Waals surface area (Å²) >= 11 is 1.84. The number of aromatic nitrogens is 1. The minimum absolute atomic E-state index is 1.03. The molecular formula is C22H15NS. The molecule has 0 fully saturated rings. The van der Waals surface area contributed by atoms with Crippen LogP contribution < -0.4 is 0 Å². The smallest absolute Gasteiger partial charge is 0.0464 e. The van der Waals surface area contributed by atoms with Crippen molar-refractivity contribution in [3.05, 3.63) is 90.6 Å². The summed E-state index contributed by atoms with van der Waals surface area (Å²) in [6.07, 6.45) is 0. The van der Waals surface area contributed by atoms with Gasteiger partial charge in [0.1, 0.15) is 0 Å². The molecule has 0 bridgehead atoms. The van der Waals surface area contributed by atoms with E-state index in [9.17, 15) is 0 Å². The Morgan fingerprint density at radius 1 is 0.792 bits per heavy atom. The lowest BCUT2D eigenvalue weighted by molar-refractivity contribution is 1.40. The molecule has 1 N–H and O–H groups in total. The summed E-state index contributed by atoms with van der Waals surface area (Å²) in [6, 6.07) is 25.7. The van der Waals surface area contributed by atoms with Gasteiger partial charge in [-0.15, -0.1) is 11.3 Å². The molecule has 2 heterocycles. The van der Waals surface area contributed by atoms with Gasteiger partial charge in [-0.3, -0.25) is 0 Å². The van der Waals surface area contributed by atoms with Crippen molar-refractivity contribution >= 4 is 48.0 Å². The van der Waals surface area contributed by atoms with Crippen LogP contribution in [0.25, 0.3) is 36.6 Å². The van der Waals surface area contributed by atoms with E-state index >= 15 is 0 Å². The second-order valence-corrected chi connectivity index (χ2v) is 7.14. The zero-order valence-corrected chi connectivity index (χ0v) is 13.9. The Morgan fingerprint density at radius 3 is 2.50 bits per heavy atom. The first-order chi connectivity index (χ1) is 11.8. The maximum Gasteiger partial charge on any atom is 0.0464 e. The van der Waals surface area contributed by atoms with Crippen molar-refractivity contribution in [1.29, 1.82) is 0 Å². The first-order valence-corrected chi connectivity index (χ1v) is 8.80. The summed E-state index contributed by atoms with van der Waals surface area (Å²) in [5.41, 5.74) is 4.42. The molecule has 0 saturated heterocycles. The van der Waals surface area contributed by atoms with Crippen LogP contribution in [0.15, 0.2) is 79.4 Å². The fourth-order valence-electron chi connectivity index (χ4n) is 3.31. The average Bonchev–Trinajstić information content (AvgIpc) is 3.21. The molecule has 114 valence electrons. The number of aromatic amines is 1. The van der Waals surface area contributed by atoms with Crippen LogP contribution in [0, 0.1) is 0 Å². The monoisotopic (exact) mass is 325 g/mol. The van der Waals surface area contributed by atoms with E-state index in [2.05, 4.69) is 84.4 Å². The van der Waals surface area contributed by atoms with Gasteiger partial charge in [0, 0.05) is 36.8 Å². The van der Waals surface area contributed by atoms with Gasteiger partial charge in [0.2, 0.25) is 0 Å². The van der Waals surface area contributed by atoms with E-state index in [0.717, 1.165) is 22.3 Å². The summed E-state index contributed by atoms with van der Waals surface area (Å²) < 4.78 is 2.66. The van der Waals surface area contributed by atoms with Crippen LogP contribution in [0.1, 0.15) is 11.3 Å².